The van der Waals surface area contributed by atoms with Crippen molar-refractivity contribution in [2.45, 2.75) is 31.5 Å². The monoisotopic (exact) mass is 441 g/mol. The summed E-state index contributed by atoms with van der Waals surface area (Å²) in [6.07, 6.45) is -3.63. The molecule has 4 N–H and O–H groups in total. The van der Waals surface area contributed by atoms with Gasteiger partial charge in [0.25, 0.3) is 0 Å². The molecule has 0 radical (unpaired) electrons. The van der Waals surface area contributed by atoms with E-state index in [4.69, 9.17) is 11.6 Å². The first-order valence-electron chi connectivity index (χ1n) is 9.15. The van der Waals surface area contributed by atoms with Crippen LogP contribution in [0.1, 0.15) is 35.6 Å². The van der Waals surface area contributed by atoms with Crippen LogP contribution in [0.2, 0.25) is 5.02 Å². The molecule has 1 aromatic heterocycles. The minimum absolute atomic E-state index is 0.0626. The predicted octanol–water partition coefficient (Wildman–Crippen LogP) is 3.70. The standard InChI is InChI=1S/C20H19ClF3N3O3/c21-12-5-6-13(14(9-12)20(22,23)24)17(10-28)25-18(29)3-1-2-11-4-7-15-16(8-11)27-19(30)26-15/h4-9,17,28H,1-3,10H2,(H,25,29)(H2,26,27,30). The topological polar surface area (TPSA) is 98.0 Å². The van der Waals surface area contributed by atoms with Gasteiger partial charge in [0.2, 0.25) is 5.91 Å². The number of carbonyl (C=O) groups is 1. The van der Waals surface area contributed by atoms with Gasteiger partial charge in [0.15, 0.2) is 0 Å². The third-order valence-corrected chi connectivity index (χ3v) is 4.90. The van der Waals surface area contributed by atoms with Gasteiger partial charge in [-0.25, -0.2) is 4.79 Å². The molecule has 2 aromatic carbocycles. The van der Waals surface area contributed by atoms with Crippen LogP contribution in [0, 0.1) is 0 Å². The number of hydrogen-bond acceptors (Lipinski definition) is 3. The van der Waals surface area contributed by atoms with Crippen molar-refractivity contribution in [2.24, 2.45) is 0 Å². The predicted molar refractivity (Wildman–Crippen MR) is 106 cm³/mol. The summed E-state index contributed by atoms with van der Waals surface area (Å²) in [5.74, 6) is -0.478. The van der Waals surface area contributed by atoms with Crippen molar-refractivity contribution in [3.8, 4) is 0 Å². The summed E-state index contributed by atoms with van der Waals surface area (Å²) >= 11 is 5.67. The molecule has 0 aliphatic rings. The first-order chi connectivity index (χ1) is 14.2. The Morgan fingerprint density at radius 3 is 2.57 bits per heavy atom. The van der Waals surface area contributed by atoms with Crippen LogP contribution in [-0.4, -0.2) is 27.6 Å². The van der Waals surface area contributed by atoms with Gasteiger partial charge in [-0.1, -0.05) is 23.7 Å². The Hall–Kier alpha value is -2.78. The van der Waals surface area contributed by atoms with Crippen molar-refractivity contribution in [3.63, 3.8) is 0 Å². The minimum atomic E-state index is -4.67. The van der Waals surface area contributed by atoms with E-state index in [0.717, 1.165) is 17.7 Å². The molecule has 1 unspecified atom stereocenters. The Balaban J connectivity index is 1.62. The molecular weight excluding hydrogens is 423 g/mol. The molecule has 3 aromatic rings. The van der Waals surface area contributed by atoms with E-state index in [1.807, 2.05) is 6.07 Å². The number of imidazole rings is 1. The molecule has 1 amide bonds. The molecule has 0 aliphatic heterocycles. The smallest absolute Gasteiger partial charge is 0.394 e. The van der Waals surface area contributed by atoms with Crippen LogP contribution in [-0.2, 0) is 17.4 Å². The summed E-state index contributed by atoms with van der Waals surface area (Å²) in [5.41, 5.74) is 0.687. The van der Waals surface area contributed by atoms with Crippen molar-refractivity contribution in [1.29, 1.82) is 0 Å². The fourth-order valence-corrected chi connectivity index (χ4v) is 3.43. The molecule has 10 heteroatoms. The first-order valence-corrected chi connectivity index (χ1v) is 9.53. The van der Waals surface area contributed by atoms with Crippen LogP contribution >= 0.6 is 11.6 Å². The average Bonchev–Trinajstić information content (AvgIpc) is 3.05. The lowest BCUT2D eigenvalue weighted by Crippen LogP contribution is -2.32. The van der Waals surface area contributed by atoms with E-state index in [9.17, 15) is 27.9 Å². The summed E-state index contributed by atoms with van der Waals surface area (Å²) in [7, 11) is 0. The molecule has 0 fully saturated rings. The molecule has 30 heavy (non-hydrogen) atoms. The van der Waals surface area contributed by atoms with Crippen LogP contribution in [0.3, 0.4) is 0 Å². The highest BCUT2D eigenvalue weighted by molar-refractivity contribution is 6.30. The Bertz CT molecular complexity index is 1110. The number of alkyl halides is 3. The normalized spacial score (nSPS) is 12.8. The van der Waals surface area contributed by atoms with Crippen LogP contribution in [0.15, 0.2) is 41.2 Å². The lowest BCUT2D eigenvalue weighted by Gasteiger charge is -2.21. The highest BCUT2D eigenvalue weighted by Gasteiger charge is 2.35. The maximum Gasteiger partial charge on any atom is 0.416 e. The fourth-order valence-electron chi connectivity index (χ4n) is 3.25. The molecule has 6 nitrogen and oxygen atoms in total. The van der Waals surface area contributed by atoms with E-state index >= 15 is 0 Å². The van der Waals surface area contributed by atoms with Crippen molar-refractivity contribution >= 4 is 28.5 Å². The Morgan fingerprint density at radius 1 is 1.13 bits per heavy atom. The third kappa shape index (κ3) is 5.22. The van der Waals surface area contributed by atoms with Gasteiger partial charge in [0, 0.05) is 11.4 Å². The summed E-state index contributed by atoms with van der Waals surface area (Å²) in [5, 5.41) is 11.9. The van der Waals surface area contributed by atoms with Crippen molar-refractivity contribution in [3.05, 3.63) is 68.6 Å². The number of hydrogen-bond donors (Lipinski definition) is 4. The van der Waals surface area contributed by atoms with Gasteiger partial charge in [-0.3, -0.25) is 4.79 Å². The second-order valence-electron chi connectivity index (χ2n) is 6.84. The number of aliphatic hydroxyl groups excluding tert-OH is 1. The maximum absolute atomic E-state index is 13.3. The molecule has 0 saturated heterocycles. The Morgan fingerprint density at radius 2 is 1.87 bits per heavy atom. The number of amides is 1. The Labute approximate surface area is 174 Å². The van der Waals surface area contributed by atoms with Gasteiger partial charge in [-0.05, 0) is 48.2 Å². The SMILES string of the molecule is O=C(CCCc1ccc2[nH]c(=O)[nH]c2c1)NC(CO)c1ccc(Cl)cc1C(F)(F)F. The summed E-state index contributed by atoms with van der Waals surface area (Å²) < 4.78 is 39.9. The molecule has 0 bridgehead atoms. The van der Waals surface area contributed by atoms with E-state index in [-0.39, 0.29) is 22.7 Å². The zero-order chi connectivity index (χ0) is 21.9. The number of carbonyl (C=O) groups excluding carboxylic acids is 1. The molecule has 0 aliphatic carbocycles. The fraction of sp³-hybridized carbons (Fsp3) is 0.300. The molecular formula is C20H19ClF3N3O3. The largest absolute Gasteiger partial charge is 0.416 e. The second-order valence-corrected chi connectivity index (χ2v) is 7.28. The van der Waals surface area contributed by atoms with Crippen molar-refractivity contribution in [1.82, 2.24) is 15.3 Å². The number of aliphatic hydroxyl groups is 1. The van der Waals surface area contributed by atoms with Crippen molar-refractivity contribution in [2.75, 3.05) is 6.61 Å². The van der Waals surface area contributed by atoms with Crippen molar-refractivity contribution < 1.29 is 23.1 Å². The summed E-state index contributed by atoms with van der Waals surface area (Å²) in [6.45, 7) is -0.687. The van der Waals surface area contributed by atoms with Gasteiger partial charge in [-0.15, -0.1) is 0 Å². The number of halogens is 4. The van der Waals surface area contributed by atoms with Crippen LogP contribution in [0.5, 0.6) is 0 Å². The van der Waals surface area contributed by atoms with Gasteiger partial charge in [0.1, 0.15) is 0 Å². The zero-order valence-corrected chi connectivity index (χ0v) is 16.4. The van der Waals surface area contributed by atoms with E-state index in [0.29, 0.717) is 23.9 Å². The van der Waals surface area contributed by atoms with Gasteiger partial charge in [-0.2, -0.15) is 13.2 Å². The molecule has 0 spiro atoms. The number of aromatic nitrogens is 2. The maximum atomic E-state index is 13.3. The lowest BCUT2D eigenvalue weighted by atomic mass is 9.99. The molecule has 160 valence electrons. The zero-order valence-electron chi connectivity index (χ0n) is 15.6. The summed E-state index contributed by atoms with van der Waals surface area (Å²) in [6, 6.07) is 7.38. The number of nitrogens with one attached hydrogen (secondary N) is 3. The van der Waals surface area contributed by atoms with Crippen LogP contribution in [0.4, 0.5) is 13.2 Å². The quantitative estimate of drug-likeness (QED) is 0.450. The molecule has 1 atom stereocenters. The minimum Gasteiger partial charge on any atom is -0.394 e. The number of rotatable bonds is 7. The highest BCUT2D eigenvalue weighted by atomic mass is 35.5. The number of benzene rings is 2. The number of H-pyrrole nitrogens is 2. The van der Waals surface area contributed by atoms with Crippen LogP contribution in [0.25, 0.3) is 11.0 Å². The third-order valence-electron chi connectivity index (χ3n) is 4.66. The second kappa shape index (κ2) is 8.93. The van der Waals surface area contributed by atoms with E-state index in [1.54, 1.807) is 12.1 Å². The summed E-state index contributed by atoms with van der Waals surface area (Å²) in [4.78, 5) is 28.8. The Kier molecular flexibility index (Phi) is 6.52. The molecule has 1 heterocycles. The lowest BCUT2D eigenvalue weighted by molar-refractivity contribution is -0.139. The van der Waals surface area contributed by atoms with E-state index in [2.05, 4.69) is 15.3 Å². The van der Waals surface area contributed by atoms with E-state index < -0.39 is 30.3 Å². The van der Waals surface area contributed by atoms with E-state index in [1.165, 1.54) is 6.07 Å². The number of fused-ring (bicyclic) bond motifs is 1. The van der Waals surface area contributed by atoms with Gasteiger partial charge >= 0.3 is 11.9 Å². The first kappa shape index (κ1) is 21.9. The number of aromatic amines is 2. The van der Waals surface area contributed by atoms with Crippen LogP contribution < -0.4 is 11.0 Å². The van der Waals surface area contributed by atoms with Gasteiger partial charge in [0.05, 0.1) is 29.2 Å². The van der Waals surface area contributed by atoms with Gasteiger partial charge < -0.3 is 20.4 Å². The average molecular weight is 442 g/mol. The molecule has 0 saturated carbocycles. The number of aryl methyl sites for hydroxylation is 1. The molecule has 3 rings (SSSR count). The highest BCUT2D eigenvalue weighted by Crippen LogP contribution is 2.36.